The van der Waals surface area contributed by atoms with Crippen LogP contribution in [0.3, 0.4) is 0 Å². The Balaban J connectivity index is 1.55. The Morgan fingerprint density at radius 1 is 1.23 bits per heavy atom. The van der Waals surface area contributed by atoms with Gasteiger partial charge < -0.3 is 26.0 Å². The molecular weight excluding hydrogens is 402 g/mol. The van der Waals surface area contributed by atoms with Gasteiger partial charge >= 0.3 is 0 Å². The van der Waals surface area contributed by atoms with E-state index in [1.54, 1.807) is 17.4 Å². The number of nitrogens with zero attached hydrogens (tertiary/aromatic N) is 3. The van der Waals surface area contributed by atoms with E-state index in [1.165, 1.54) is 0 Å². The van der Waals surface area contributed by atoms with E-state index in [4.69, 9.17) is 4.98 Å². The molecule has 2 aromatic heterocycles. The normalized spacial score (nSPS) is 29.6. The SMILES string of the molecule is C=CCNc1nc(C)c(-c2nc3ccccc3s2)c(NC2CC3C(O)C3(O)C2O)n1. The Morgan fingerprint density at radius 2 is 2.03 bits per heavy atom. The highest BCUT2D eigenvalue weighted by Crippen LogP contribution is 2.56. The van der Waals surface area contributed by atoms with Crippen LogP contribution in [0.25, 0.3) is 20.8 Å². The molecule has 0 spiro atoms. The summed E-state index contributed by atoms with van der Waals surface area (Å²) >= 11 is 1.55. The van der Waals surface area contributed by atoms with Crippen molar-refractivity contribution in [1.29, 1.82) is 0 Å². The van der Waals surface area contributed by atoms with E-state index in [0.717, 1.165) is 26.5 Å². The molecule has 0 saturated heterocycles. The van der Waals surface area contributed by atoms with Gasteiger partial charge in [0.2, 0.25) is 5.95 Å². The molecule has 0 bridgehead atoms. The quantitative estimate of drug-likeness (QED) is 0.380. The molecule has 156 valence electrons. The molecule has 5 rings (SSSR count). The molecule has 2 aliphatic rings. The molecule has 2 heterocycles. The van der Waals surface area contributed by atoms with E-state index < -0.39 is 23.9 Å². The first kappa shape index (κ1) is 19.4. The molecule has 1 aromatic carbocycles. The monoisotopic (exact) mass is 425 g/mol. The average Bonchev–Trinajstić information content (AvgIpc) is 3.03. The van der Waals surface area contributed by atoms with Crippen LogP contribution in [-0.4, -0.2) is 60.7 Å². The number of hydrogen-bond donors (Lipinski definition) is 5. The van der Waals surface area contributed by atoms with E-state index in [-0.39, 0.29) is 5.92 Å². The van der Waals surface area contributed by atoms with Crippen LogP contribution in [0.4, 0.5) is 11.8 Å². The summed E-state index contributed by atoms with van der Waals surface area (Å²) in [5.74, 6) is 0.657. The summed E-state index contributed by atoms with van der Waals surface area (Å²) in [6.45, 7) is 6.11. The zero-order chi connectivity index (χ0) is 21.0. The maximum absolute atomic E-state index is 10.6. The number of nitrogens with one attached hydrogen (secondary N) is 2. The van der Waals surface area contributed by atoms with Crippen molar-refractivity contribution in [3.8, 4) is 10.6 Å². The standard InChI is InChI=1S/C21H23N5O3S/c1-3-8-22-20-23-10(2)15(19-25-12-6-4-5-7-14(12)30-19)18(26-20)24-13-9-11-16(27)21(11,29)17(13)28/h3-7,11,13,16-17,27-29H,1,8-9H2,2H3,(H2,22,23,24,26). The highest BCUT2D eigenvalue weighted by atomic mass is 32.1. The van der Waals surface area contributed by atoms with Crippen LogP contribution >= 0.6 is 11.3 Å². The fraction of sp³-hybridized carbons (Fsp3) is 0.381. The minimum atomic E-state index is -1.43. The molecule has 0 radical (unpaired) electrons. The molecule has 0 aliphatic heterocycles. The lowest BCUT2D eigenvalue weighted by molar-refractivity contribution is -0.0262. The zero-order valence-electron chi connectivity index (χ0n) is 16.4. The fourth-order valence-corrected chi connectivity index (χ4v) is 5.42. The van der Waals surface area contributed by atoms with Crippen LogP contribution < -0.4 is 10.6 Å². The second-order valence-corrected chi connectivity index (χ2v) is 8.91. The molecule has 5 atom stereocenters. The molecule has 5 unspecified atom stereocenters. The first-order valence-electron chi connectivity index (χ1n) is 9.88. The summed E-state index contributed by atoms with van der Waals surface area (Å²) in [6.07, 6.45) is 0.224. The van der Waals surface area contributed by atoms with E-state index in [2.05, 4.69) is 27.2 Å². The molecular formula is C21H23N5O3S. The van der Waals surface area contributed by atoms with Crippen molar-refractivity contribution in [1.82, 2.24) is 15.0 Å². The second kappa shape index (κ2) is 6.98. The first-order chi connectivity index (χ1) is 14.4. The van der Waals surface area contributed by atoms with Crippen LogP contribution in [0, 0.1) is 12.8 Å². The number of aliphatic hydroxyl groups is 3. The number of anilines is 2. The van der Waals surface area contributed by atoms with Crippen molar-refractivity contribution >= 4 is 33.3 Å². The zero-order valence-corrected chi connectivity index (χ0v) is 17.2. The van der Waals surface area contributed by atoms with Crippen LogP contribution in [0.15, 0.2) is 36.9 Å². The van der Waals surface area contributed by atoms with Gasteiger partial charge in [0, 0.05) is 12.5 Å². The minimum Gasteiger partial charge on any atom is -0.390 e. The van der Waals surface area contributed by atoms with Crippen LogP contribution in [0.5, 0.6) is 0 Å². The van der Waals surface area contributed by atoms with Gasteiger partial charge in [-0.2, -0.15) is 4.98 Å². The number of hydrogen-bond acceptors (Lipinski definition) is 9. The maximum Gasteiger partial charge on any atom is 0.225 e. The van der Waals surface area contributed by atoms with E-state index in [9.17, 15) is 15.3 Å². The van der Waals surface area contributed by atoms with Crippen molar-refractivity contribution in [3.05, 3.63) is 42.6 Å². The first-order valence-corrected chi connectivity index (χ1v) is 10.7. The van der Waals surface area contributed by atoms with E-state index >= 15 is 0 Å². The molecule has 2 fully saturated rings. The lowest BCUT2D eigenvalue weighted by atomic mass is 10.1. The molecule has 8 nitrogen and oxygen atoms in total. The highest BCUT2D eigenvalue weighted by molar-refractivity contribution is 7.21. The summed E-state index contributed by atoms with van der Waals surface area (Å²) in [6, 6.07) is 7.47. The van der Waals surface area contributed by atoms with Crippen molar-refractivity contribution < 1.29 is 15.3 Å². The van der Waals surface area contributed by atoms with Gasteiger partial charge in [0.15, 0.2) is 0 Å². The number of aryl methyl sites for hydroxylation is 1. The summed E-state index contributed by atoms with van der Waals surface area (Å²) in [4.78, 5) is 13.9. The minimum absolute atomic E-state index is 0.322. The maximum atomic E-state index is 10.6. The predicted molar refractivity (Wildman–Crippen MR) is 117 cm³/mol. The van der Waals surface area contributed by atoms with Gasteiger partial charge in [-0.1, -0.05) is 18.2 Å². The number of aromatic nitrogens is 3. The molecule has 2 aliphatic carbocycles. The van der Waals surface area contributed by atoms with Gasteiger partial charge in [-0.15, -0.1) is 17.9 Å². The molecule has 2 saturated carbocycles. The molecule has 9 heteroatoms. The third-order valence-corrected chi connectivity index (χ3v) is 7.08. The van der Waals surface area contributed by atoms with Crippen LogP contribution in [-0.2, 0) is 0 Å². The topological polar surface area (TPSA) is 123 Å². The summed E-state index contributed by atoms with van der Waals surface area (Å²) in [5.41, 5.74) is 0.978. The third-order valence-electron chi connectivity index (χ3n) is 6.03. The number of benzene rings is 1. The lowest BCUT2D eigenvalue weighted by Gasteiger charge is -2.25. The van der Waals surface area contributed by atoms with Gasteiger partial charge in [0.05, 0.1) is 33.6 Å². The third kappa shape index (κ3) is 2.89. The van der Waals surface area contributed by atoms with Crippen molar-refractivity contribution in [2.75, 3.05) is 17.2 Å². The van der Waals surface area contributed by atoms with Crippen molar-refractivity contribution in [3.63, 3.8) is 0 Å². The van der Waals surface area contributed by atoms with Gasteiger partial charge in [0.1, 0.15) is 22.5 Å². The van der Waals surface area contributed by atoms with Gasteiger partial charge in [-0.05, 0) is 25.5 Å². The van der Waals surface area contributed by atoms with Gasteiger partial charge in [0.25, 0.3) is 0 Å². The fourth-order valence-electron chi connectivity index (χ4n) is 4.35. The average molecular weight is 426 g/mol. The van der Waals surface area contributed by atoms with Crippen molar-refractivity contribution in [2.24, 2.45) is 5.92 Å². The molecule has 0 amide bonds. The summed E-state index contributed by atoms with van der Waals surface area (Å²) < 4.78 is 1.06. The Bertz CT molecular complexity index is 1100. The van der Waals surface area contributed by atoms with Gasteiger partial charge in [-0.25, -0.2) is 9.97 Å². The Kier molecular flexibility index (Phi) is 4.51. The smallest absolute Gasteiger partial charge is 0.225 e. The van der Waals surface area contributed by atoms with E-state index in [0.29, 0.717) is 24.7 Å². The highest BCUT2D eigenvalue weighted by Gasteiger charge is 2.74. The Labute approximate surface area is 177 Å². The summed E-state index contributed by atoms with van der Waals surface area (Å²) in [7, 11) is 0. The summed E-state index contributed by atoms with van der Waals surface area (Å²) in [5, 5.41) is 38.1. The van der Waals surface area contributed by atoms with Crippen LogP contribution in [0.2, 0.25) is 0 Å². The van der Waals surface area contributed by atoms with E-state index in [1.807, 2.05) is 31.2 Å². The molecule has 30 heavy (non-hydrogen) atoms. The second-order valence-electron chi connectivity index (χ2n) is 7.88. The largest absolute Gasteiger partial charge is 0.390 e. The molecule has 5 N–H and O–H groups in total. The number of rotatable bonds is 6. The predicted octanol–water partition coefficient (Wildman–Crippen LogP) is 1.93. The number of thiazole rings is 1. The Morgan fingerprint density at radius 3 is 2.73 bits per heavy atom. The van der Waals surface area contributed by atoms with Gasteiger partial charge in [-0.3, -0.25) is 0 Å². The number of aliphatic hydroxyl groups excluding tert-OH is 2. The Hall–Kier alpha value is -2.59. The van der Waals surface area contributed by atoms with Crippen molar-refractivity contribution in [2.45, 2.75) is 37.2 Å². The molecule has 3 aromatic rings. The number of fused-ring (bicyclic) bond motifs is 2. The number of para-hydroxylation sites is 1. The van der Waals surface area contributed by atoms with Crippen LogP contribution in [0.1, 0.15) is 12.1 Å². The lowest BCUT2D eigenvalue weighted by Crippen LogP contribution is -2.42.